The van der Waals surface area contributed by atoms with Crippen molar-refractivity contribution in [2.75, 3.05) is 13.1 Å². The zero-order chi connectivity index (χ0) is 10.8. The molecule has 1 unspecified atom stereocenters. The Morgan fingerprint density at radius 1 is 1.53 bits per heavy atom. The first-order chi connectivity index (χ1) is 7.18. The topological polar surface area (TPSA) is 66.9 Å². The van der Waals surface area contributed by atoms with Crippen LogP contribution in [0.3, 0.4) is 0 Å². The second-order valence-corrected chi connectivity index (χ2v) is 4.05. The average Bonchev–Trinajstić information content (AvgIpc) is 2.72. The van der Waals surface area contributed by atoms with Crippen molar-refractivity contribution in [2.45, 2.75) is 12.8 Å². The fraction of sp³-hybridized carbons (Fsp3) is 0.600. The first-order valence-electron chi connectivity index (χ1n) is 5.17. The van der Waals surface area contributed by atoms with Crippen LogP contribution in [0, 0.1) is 5.92 Å². The van der Waals surface area contributed by atoms with Crippen molar-refractivity contribution in [3.63, 3.8) is 0 Å². The summed E-state index contributed by atoms with van der Waals surface area (Å²) in [5.41, 5.74) is 0.171. The van der Waals surface area contributed by atoms with Crippen molar-refractivity contribution in [3.05, 3.63) is 32.6 Å². The summed E-state index contributed by atoms with van der Waals surface area (Å²) in [5.74, 6) is 0.517. The summed E-state index contributed by atoms with van der Waals surface area (Å²) in [4.78, 5) is 25.4. The molecule has 15 heavy (non-hydrogen) atoms. The molecule has 1 fully saturated rings. The fourth-order valence-corrected chi connectivity index (χ4v) is 1.96. The summed E-state index contributed by atoms with van der Waals surface area (Å²) in [6.45, 7) is 1.98. The molecule has 1 aromatic rings. The monoisotopic (exact) mass is 209 g/mol. The Kier molecular flexibility index (Phi) is 2.73. The van der Waals surface area contributed by atoms with Crippen LogP contribution in [-0.2, 0) is 13.5 Å². The summed E-state index contributed by atoms with van der Waals surface area (Å²) >= 11 is 0. The van der Waals surface area contributed by atoms with Crippen molar-refractivity contribution in [3.8, 4) is 0 Å². The molecule has 82 valence electrons. The Hall–Kier alpha value is -1.36. The second kappa shape index (κ2) is 4.02. The van der Waals surface area contributed by atoms with Gasteiger partial charge in [0.2, 0.25) is 0 Å². The van der Waals surface area contributed by atoms with E-state index < -0.39 is 0 Å². The molecule has 0 aliphatic carbocycles. The van der Waals surface area contributed by atoms with Crippen LogP contribution < -0.4 is 16.6 Å². The van der Waals surface area contributed by atoms with Crippen molar-refractivity contribution in [2.24, 2.45) is 13.0 Å². The maximum absolute atomic E-state index is 11.7. The lowest BCUT2D eigenvalue weighted by molar-refractivity contribution is 0.569. The van der Waals surface area contributed by atoms with E-state index >= 15 is 0 Å². The lowest BCUT2D eigenvalue weighted by Gasteiger charge is -2.07. The average molecular weight is 209 g/mol. The highest BCUT2D eigenvalue weighted by atomic mass is 16.2. The number of aromatic amines is 1. The van der Waals surface area contributed by atoms with Gasteiger partial charge < -0.3 is 10.3 Å². The van der Waals surface area contributed by atoms with Gasteiger partial charge in [-0.15, -0.1) is 0 Å². The molecular weight excluding hydrogens is 194 g/mol. The van der Waals surface area contributed by atoms with Gasteiger partial charge in [0.25, 0.3) is 5.56 Å². The number of rotatable bonds is 2. The number of nitrogens with one attached hydrogen (secondary N) is 2. The maximum atomic E-state index is 11.7. The van der Waals surface area contributed by atoms with Gasteiger partial charge in [0.05, 0.1) is 0 Å². The van der Waals surface area contributed by atoms with Gasteiger partial charge in [-0.3, -0.25) is 9.36 Å². The minimum Gasteiger partial charge on any atom is -0.316 e. The Morgan fingerprint density at radius 2 is 2.33 bits per heavy atom. The van der Waals surface area contributed by atoms with Crippen LogP contribution in [0.25, 0.3) is 0 Å². The van der Waals surface area contributed by atoms with Gasteiger partial charge in [0.15, 0.2) is 0 Å². The lowest BCUT2D eigenvalue weighted by atomic mass is 10.0. The minimum absolute atomic E-state index is 0.175. The smallest absolute Gasteiger partial charge is 0.316 e. The van der Waals surface area contributed by atoms with E-state index in [4.69, 9.17) is 0 Å². The molecule has 5 heteroatoms. The number of H-pyrrole nitrogens is 1. The molecule has 0 bridgehead atoms. The van der Waals surface area contributed by atoms with Crippen LogP contribution in [0.4, 0.5) is 0 Å². The minimum atomic E-state index is -0.353. The van der Waals surface area contributed by atoms with Crippen LogP contribution in [-0.4, -0.2) is 22.6 Å². The van der Waals surface area contributed by atoms with E-state index in [-0.39, 0.29) is 11.2 Å². The Balaban J connectivity index is 2.25. The van der Waals surface area contributed by atoms with Gasteiger partial charge in [-0.2, -0.15) is 0 Å². The van der Waals surface area contributed by atoms with Gasteiger partial charge >= 0.3 is 5.69 Å². The Morgan fingerprint density at radius 3 is 3.00 bits per heavy atom. The SMILES string of the molecule is Cn1c(=O)[nH]cc(CC2CCNC2)c1=O. The zero-order valence-electron chi connectivity index (χ0n) is 8.75. The van der Waals surface area contributed by atoms with Gasteiger partial charge in [0, 0.05) is 18.8 Å². The van der Waals surface area contributed by atoms with Crippen molar-refractivity contribution in [1.29, 1.82) is 0 Å². The molecule has 2 N–H and O–H groups in total. The number of aromatic nitrogens is 2. The highest BCUT2D eigenvalue weighted by Crippen LogP contribution is 2.11. The van der Waals surface area contributed by atoms with E-state index in [0.29, 0.717) is 11.5 Å². The Labute approximate surface area is 87.1 Å². The van der Waals surface area contributed by atoms with Crippen molar-refractivity contribution in [1.82, 2.24) is 14.9 Å². The quantitative estimate of drug-likeness (QED) is 0.672. The third-order valence-corrected chi connectivity index (χ3v) is 2.92. The van der Waals surface area contributed by atoms with Crippen LogP contribution in [0.1, 0.15) is 12.0 Å². The number of hydrogen-bond acceptors (Lipinski definition) is 3. The van der Waals surface area contributed by atoms with Gasteiger partial charge in [-0.05, 0) is 31.8 Å². The molecule has 0 amide bonds. The molecular formula is C10H15N3O2. The van der Waals surface area contributed by atoms with E-state index in [1.807, 2.05) is 0 Å². The van der Waals surface area contributed by atoms with E-state index in [2.05, 4.69) is 10.3 Å². The molecule has 0 aromatic carbocycles. The third-order valence-electron chi connectivity index (χ3n) is 2.92. The first kappa shape index (κ1) is 10.2. The molecule has 1 saturated heterocycles. The summed E-state index contributed by atoms with van der Waals surface area (Å²) in [7, 11) is 1.50. The molecule has 5 nitrogen and oxygen atoms in total. The summed E-state index contributed by atoms with van der Waals surface area (Å²) in [5, 5.41) is 3.26. The Bertz CT molecular complexity index is 454. The van der Waals surface area contributed by atoms with Gasteiger partial charge in [0.1, 0.15) is 0 Å². The molecule has 0 spiro atoms. The van der Waals surface area contributed by atoms with E-state index in [1.54, 1.807) is 6.20 Å². The third kappa shape index (κ3) is 2.02. The van der Waals surface area contributed by atoms with Crippen LogP contribution in [0.2, 0.25) is 0 Å². The molecule has 1 atom stereocenters. The van der Waals surface area contributed by atoms with Crippen LogP contribution in [0.5, 0.6) is 0 Å². The number of hydrogen-bond donors (Lipinski definition) is 2. The summed E-state index contributed by atoms with van der Waals surface area (Å²) < 4.78 is 1.12. The fourth-order valence-electron chi connectivity index (χ4n) is 1.96. The molecule has 1 aliphatic rings. The van der Waals surface area contributed by atoms with E-state index in [0.717, 1.165) is 30.5 Å². The van der Waals surface area contributed by atoms with Crippen molar-refractivity contribution >= 4 is 0 Å². The van der Waals surface area contributed by atoms with Crippen LogP contribution >= 0.6 is 0 Å². The lowest BCUT2D eigenvalue weighted by Crippen LogP contribution is -2.35. The molecule has 0 radical (unpaired) electrons. The normalized spacial score (nSPS) is 20.7. The first-order valence-corrected chi connectivity index (χ1v) is 5.17. The van der Waals surface area contributed by atoms with Gasteiger partial charge in [-0.1, -0.05) is 0 Å². The van der Waals surface area contributed by atoms with Crippen molar-refractivity contribution < 1.29 is 0 Å². The number of nitrogens with zero attached hydrogens (tertiary/aromatic N) is 1. The van der Waals surface area contributed by atoms with E-state index in [9.17, 15) is 9.59 Å². The molecule has 0 saturated carbocycles. The second-order valence-electron chi connectivity index (χ2n) is 4.05. The largest absolute Gasteiger partial charge is 0.328 e. The molecule has 2 heterocycles. The summed E-state index contributed by atoms with van der Waals surface area (Å²) in [6.07, 6.45) is 3.39. The molecule has 1 aromatic heterocycles. The zero-order valence-corrected chi connectivity index (χ0v) is 8.75. The predicted octanol–water partition coefficient (Wildman–Crippen LogP) is -0.774. The summed E-state index contributed by atoms with van der Waals surface area (Å²) in [6, 6.07) is 0. The highest BCUT2D eigenvalue weighted by Gasteiger charge is 2.16. The van der Waals surface area contributed by atoms with E-state index in [1.165, 1.54) is 7.05 Å². The van der Waals surface area contributed by atoms with Crippen LogP contribution in [0.15, 0.2) is 15.8 Å². The van der Waals surface area contributed by atoms with Gasteiger partial charge in [-0.25, -0.2) is 4.79 Å². The maximum Gasteiger partial charge on any atom is 0.328 e. The predicted molar refractivity (Wildman–Crippen MR) is 57.0 cm³/mol. The molecule has 1 aliphatic heterocycles. The molecule has 2 rings (SSSR count). The highest BCUT2D eigenvalue weighted by molar-refractivity contribution is 5.06. The standard InChI is InChI=1S/C10H15N3O2/c1-13-9(14)8(6-12-10(13)15)4-7-2-3-11-5-7/h6-7,11H,2-5H2,1H3,(H,12,15).